The number of nitrogens with two attached hydrogens (primary N) is 2. The Morgan fingerprint density at radius 1 is 1.40 bits per heavy atom. The molecule has 2 amide bonds. The van der Waals surface area contributed by atoms with Crippen LogP contribution in [0.2, 0.25) is 0 Å². The van der Waals surface area contributed by atoms with Gasteiger partial charge in [0.1, 0.15) is 0 Å². The highest BCUT2D eigenvalue weighted by atomic mass is 32.2. The van der Waals surface area contributed by atoms with Gasteiger partial charge in [-0.05, 0) is 31.0 Å². The maximum Gasteiger partial charge on any atom is 0.232 e. The summed E-state index contributed by atoms with van der Waals surface area (Å²) in [4.78, 5) is 26.1. The zero-order valence-corrected chi connectivity index (χ0v) is 12.1. The van der Waals surface area contributed by atoms with Crippen LogP contribution in [-0.2, 0) is 9.59 Å². The number of piperidine rings is 1. The number of rotatable bonds is 4. The van der Waals surface area contributed by atoms with Crippen molar-refractivity contribution in [2.24, 2.45) is 11.7 Å². The van der Waals surface area contributed by atoms with E-state index in [2.05, 4.69) is 0 Å². The fourth-order valence-electron chi connectivity index (χ4n) is 2.28. The van der Waals surface area contributed by atoms with E-state index in [4.69, 9.17) is 11.5 Å². The second-order valence-corrected chi connectivity index (χ2v) is 5.99. The lowest BCUT2D eigenvalue weighted by atomic mass is 9.97. The molecular weight excluding hydrogens is 274 g/mol. The second kappa shape index (κ2) is 6.65. The van der Waals surface area contributed by atoms with Crippen molar-refractivity contribution in [3.63, 3.8) is 0 Å². The lowest BCUT2D eigenvalue weighted by Crippen LogP contribution is -2.44. The summed E-state index contributed by atoms with van der Waals surface area (Å²) in [5.41, 5.74) is 11.7. The monoisotopic (exact) mass is 293 g/mol. The van der Waals surface area contributed by atoms with Crippen LogP contribution in [0.15, 0.2) is 29.2 Å². The molecule has 1 aromatic carbocycles. The number of thioether (sulfide) groups is 1. The van der Waals surface area contributed by atoms with Crippen LogP contribution in [0.3, 0.4) is 0 Å². The Kier molecular flexibility index (Phi) is 4.89. The van der Waals surface area contributed by atoms with Crippen molar-refractivity contribution in [2.45, 2.75) is 17.7 Å². The zero-order valence-electron chi connectivity index (χ0n) is 11.2. The Morgan fingerprint density at radius 3 is 2.90 bits per heavy atom. The van der Waals surface area contributed by atoms with E-state index in [-0.39, 0.29) is 17.7 Å². The number of anilines is 1. The number of primary amides is 1. The highest BCUT2D eigenvalue weighted by Gasteiger charge is 2.26. The van der Waals surface area contributed by atoms with Crippen molar-refractivity contribution in [3.8, 4) is 0 Å². The molecule has 1 unspecified atom stereocenters. The number of hydrogen-bond acceptors (Lipinski definition) is 4. The van der Waals surface area contributed by atoms with Crippen molar-refractivity contribution < 1.29 is 9.59 Å². The summed E-state index contributed by atoms with van der Waals surface area (Å²) in [6.45, 7) is 1.16. The van der Waals surface area contributed by atoms with Crippen LogP contribution < -0.4 is 11.5 Å². The Labute approximate surface area is 122 Å². The van der Waals surface area contributed by atoms with E-state index in [0.717, 1.165) is 17.7 Å². The Bertz CT molecular complexity index is 507. The fraction of sp³-hybridized carbons (Fsp3) is 0.429. The molecule has 108 valence electrons. The number of carbonyl (C=O) groups excluding carboxylic acids is 2. The summed E-state index contributed by atoms with van der Waals surface area (Å²) in [6.07, 6.45) is 1.61. The van der Waals surface area contributed by atoms with Crippen molar-refractivity contribution in [2.75, 3.05) is 24.6 Å². The van der Waals surface area contributed by atoms with Crippen LogP contribution in [0.25, 0.3) is 0 Å². The molecule has 1 fully saturated rings. The van der Waals surface area contributed by atoms with Crippen LogP contribution >= 0.6 is 11.8 Å². The SMILES string of the molecule is NC(=O)C1CCCN(C(=O)CSc2cccc(N)c2)C1. The van der Waals surface area contributed by atoms with Crippen molar-refractivity contribution in [1.82, 2.24) is 4.90 Å². The van der Waals surface area contributed by atoms with Crippen LogP contribution in [0.4, 0.5) is 5.69 Å². The van der Waals surface area contributed by atoms with Crippen molar-refractivity contribution in [1.29, 1.82) is 0 Å². The third-order valence-corrected chi connectivity index (χ3v) is 4.38. The van der Waals surface area contributed by atoms with Crippen LogP contribution in [0.5, 0.6) is 0 Å². The molecule has 20 heavy (non-hydrogen) atoms. The van der Waals surface area contributed by atoms with Crippen LogP contribution in [0.1, 0.15) is 12.8 Å². The van der Waals surface area contributed by atoms with E-state index in [1.54, 1.807) is 4.90 Å². The van der Waals surface area contributed by atoms with Gasteiger partial charge in [-0.1, -0.05) is 6.07 Å². The van der Waals surface area contributed by atoms with E-state index in [0.29, 0.717) is 24.5 Å². The molecule has 0 aromatic heterocycles. The molecular formula is C14H19N3O2S. The first-order valence-corrected chi connectivity index (χ1v) is 7.60. The van der Waals surface area contributed by atoms with Gasteiger partial charge in [-0.2, -0.15) is 0 Å². The molecule has 0 radical (unpaired) electrons. The molecule has 0 aliphatic carbocycles. The summed E-state index contributed by atoms with van der Waals surface area (Å²) in [5, 5.41) is 0. The van der Waals surface area contributed by atoms with E-state index in [1.165, 1.54) is 11.8 Å². The van der Waals surface area contributed by atoms with Gasteiger partial charge in [0.25, 0.3) is 0 Å². The summed E-state index contributed by atoms with van der Waals surface area (Å²) in [7, 11) is 0. The molecule has 1 aliphatic rings. The normalized spacial score (nSPS) is 18.8. The molecule has 1 aliphatic heterocycles. The van der Waals surface area contributed by atoms with E-state index in [1.807, 2.05) is 24.3 Å². The summed E-state index contributed by atoms with van der Waals surface area (Å²) in [6, 6.07) is 7.46. The molecule has 1 atom stereocenters. The minimum absolute atomic E-state index is 0.0448. The molecule has 0 spiro atoms. The second-order valence-electron chi connectivity index (χ2n) is 4.94. The van der Waals surface area contributed by atoms with E-state index < -0.39 is 0 Å². The van der Waals surface area contributed by atoms with Gasteiger partial charge < -0.3 is 16.4 Å². The molecule has 0 saturated carbocycles. The number of hydrogen-bond donors (Lipinski definition) is 2. The van der Waals surface area contributed by atoms with Crippen molar-refractivity contribution in [3.05, 3.63) is 24.3 Å². The maximum absolute atomic E-state index is 12.1. The predicted molar refractivity (Wildman–Crippen MR) is 80.1 cm³/mol. The average Bonchev–Trinajstić information content (AvgIpc) is 2.45. The average molecular weight is 293 g/mol. The molecule has 1 saturated heterocycles. The molecule has 4 N–H and O–H groups in total. The fourth-order valence-corrected chi connectivity index (χ4v) is 3.14. The molecule has 1 heterocycles. The number of carbonyl (C=O) groups is 2. The van der Waals surface area contributed by atoms with Gasteiger partial charge >= 0.3 is 0 Å². The van der Waals surface area contributed by atoms with Gasteiger partial charge in [-0.15, -0.1) is 11.8 Å². The minimum Gasteiger partial charge on any atom is -0.399 e. The lowest BCUT2D eigenvalue weighted by Gasteiger charge is -2.31. The number of nitrogen functional groups attached to an aromatic ring is 1. The smallest absolute Gasteiger partial charge is 0.232 e. The van der Waals surface area contributed by atoms with Crippen LogP contribution in [0, 0.1) is 5.92 Å². The van der Waals surface area contributed by atoms with Crippen molar-refractivity contribution >= 4 is 29.3 Å². The van der Waals surface area contributed by atoms with Gasteiger partial charge in [0.05, 0.1) is 11.7 Å². The van der Waals surface area contributed by atoms with E-state index in [9.17, 15) is 9.59 Å². The molecule has 2 rings (SSSR count). The Hall–Kier alpha value is -1.69. The standard InChI is InChI=1S/C14H19N3O2S/c15-11-4-1-5-12(7-11)20-9-13(18)17-6-2-3-10(8-17)14(16)19/h1,4-5,7,10H,2-3,6,8-9,15H2,(H2,16,19). The van der Waals surface area contributed by atoms with Gasteiger partial charge in [0, 0.05) is 23.7 Å². The molecule has 5 nitrogen and oxygen atoms in total. The first kappa shape index (κ1) is 14.7. The predicted octanol–water partition coefficient (Wildman–Crippen LogP) is 1.08. The Morgan fingerprint density at radius 2 is 2.20 bits per heavy atom. The number of likely N-dealkylation sites (tertiary alicyclic amines) is 1. The number of benzene rings is 1. The largest absolute Gasteiger partial charge is 0.399 e. The lowest BCUT2D eigenvalue weighted by molar-refractivity contribution is -0.132. The minimum atomic E-state index is -0.314. The third kappa shape index (κ3) is 3.90. The van der Waals surface area contributed by atoms with Gasteiger partial charge in [-0.3, -0.25) is 9.59 Å². The van der Waals surface area contributed by atoms with Gasteiger partial charge in [0.2, 0.25) is 11.8 Å². The summed E-state index contributed by atoms with van der Waals surface area (Å²) in [5.74, 6) is -0.117. The zero-order chi connectivity index (χ0) is 14.5. The van der Waals surface area contributed by atoms with Crippen LogP contribution in [-0.4, -0.2) is 35.6 Å². The van der Waals surface area contributed by atoms with Gasteiger partial charge in [0.15, 0.2) is 0 Å². The molecule has 0 bridgehead atoms. The maximum atomic E-state index is 12.1. The van der Waals surface area contributed by atoms with Gasteiger partial charge in [-0.25, -0.2) is 0 Å². The number of amides is 2. The Balaban J connectivity index is 1.87. The first-order chi connectivity index (χ1) is 9.56. The van der Waals surface area contributed by atoms with E-state index >= 15 is 0 Å². The number of nitrogens with zero attached hydrogens (tertiary/aromatic N) is 1. The quantitative estimate of drug-likeness (QED) is 0.642. The molecule has 1 aromatic rings. The molecule has 6 heteroatoms. The first-order valence-electron chi connectivity index (χ1n) is 6.61. The highest BCUT2D eigenvalue weighted by Crippen LogP contribution is 2.22. The highest BCUT2D eigenvalue weighted by molar-refractivity contribution is 8.00. The third-order valence-electron chi connectivity index (χ3n) is 3.40. The summed E-state index contributed by atoms with van der Waals surface area (Å²) < 4.78 is 0. The topological polar surface area (TPSA) is 89.4 Å². The summed E-state index contributed by atoms with van der Waals surface area (Å²) >= 11 is 1.46.